The normalized spacial score (nSPS) is 16.0. The molecular formula is C22H24N2O5. The van der Waals surface area contributed by atoms with E-state index in [1.165, 1.54) is 0 Å². The number of hydrogen-bond acceptors (Lipinski definition) is 5. The molecule has 7 nitrogen and oxygen atoms in total. The van der Waals surface area contributed by atoms with E-state index in [4.69, 9.17) is 14.2 Å². The van der Waals surface area contributed by atoms with Gasteiger partial charge in [0.05, 0.1) is 25.3 Å². The molecule has 2 aromatic rings. The third-order valence-corrected chi connectivity index (χ3v) is 4.52. The second kappa shape index (κ2) is 9.14. The Morgan fingerprint density at radius 3 is 2.55 bits per heavy atom. The van der Waals surface area contributed by atoms with Crippen LogP contribution in [-0.2, 0) is 16.1 Å². The van der Waals surface area contributed by atoms with Crippen molar-refractivity contribution in [1.82, 2.24) is 10.6 Å². The van der Waals surface area contributed by atoms with E-state index in [1.807, 2.05) is 30.3 Å². The molecule has 3 rings (SSSR count). The Bertz CT molecular complexity index is 924. The molecular weight excluding hydrogens is 372 g/mol. The number of benzene rings is 2. The predicted molar refractivity (Wildman–Crippen MR) is 108 cm³/mol. The molecule has 0 fully saturated rings. The van der Waals surface area contributed by atoms with Crippen LogP contribution in [0, 0.1) is 0 Å². The number of ether oxygens (including phenoxy) is 3. The van der Waals surface area contributed by atoms with E-state index in [9.17, 15) is 9.59 Å². The van der Waals surface area contributed by atoms with Crippen molar-refractivity contribution in [3.8, 4) is 11.5 Å². The average Bonchev–Trinajstić information content (AvgIpc) is 2.72. The van der Waals surface area contributed by atoms with Crippen LogP contribution in [0.5, 0.6) is 11.5 Å². The lowest BCUT2D eigenvalue weighted by molar-refractivity contribution is -0.139. The van der Waals surface area contributed by atoms with Gasteiger partial charge in [-0.05, 0) is 37.1 Å². The molecule has 0 bridgehead atoms. The molecule has 1 aliphatic heterocycles. The van der Waals surface area contributed by atoms with Crippen LogP contribution in [0.3, 0.4) is 0 Å². The first-order valence-electron chi connectivity index (χ1n) is 9.33. The van der Waals surface area contributed by atoms with Crippen molar-refractivity contribution < 1.29 is 23.8 Å². The van der Waals surface area contributed by atoms with Crippen LogP contribution < -0.4 is 20.1 Å². The summed E-state index contributed by atoms with van der Waals surface area (Å²) in [4.78, 5) is 24.5. The van der Waals surface area contributed by atoms with Gasteiger partial charge in [0, 0.05) is 5.70 Å². The first-order chi connectivity index (χ1) is 14.0. The van der Waals surface area contributed by atoms with Crippen LogP contribution >= 0.6 is 0 Å². The van der Waals surface area contributed by atoms with Crippen molar-refractivity contribution in [2.75, 3.05) is 13.7 Å². The summed E-state index contributed by atoms with van der Waals surface area (Å²) in [6.07, 6.45) is 0. The van der Waals surface area contributed by atoms with Gasteiger partial charge in [0.1, 0.15) is 6.61 Å². The van der Waals surface area contributed by atoms with Crippen molar-refractivity contribution in [2.45, 2.75) is 26.5 Å². The number of amides is 2. The zero-order valence-corrected chi connectivity index (χ0v) is 16.7. The van der Waals surface area contributed by atoms with Gasteiger partial charge in [-0.25, -0.2) is 9.59 Å². The summed E-state index contributed by atoms with van der Waals surface area (Å²) in [5, 5.41) is 5.40. The molecule has 1 heterocycles. The van der Waals surface area contributed by atoms with Gasteiger partial charge >= 0.3 is 12.0 Å². The maximum absolute atomic E-state index is 12.5. The van der Waals surface area contributed by atoms with E-state index in [1.54, 1.807) is 39.2 Å². The summed E-state index contributed by atoms with van der Waals surface area (Å²) in [5.74, 6) is 0.594. The Kier molecular flexibility index (Phi) is 6.39. The van der Waals surface area contributed by atoms with Gasteiger partial charge in [-0.2, -0.15) is 0 Å². The molecule has 0 unspecified atom stereocenters. The van der Waals surface area contributed by atoms with Gasteiger partial charge < -0.3 is 24.8 Å². The minimum absolute atomic E-state index is 0.242. The number of carbonyl (C=O) groups excluding carboxylic acids is 2. The van der Waals surface area contributed by atoms with Gasteiger partial charge in [-0.1, -0.05) is 36.4 Å². The Labute approximate surface area is 169 Å². The molecule has 152 valence electrons. The molecule has 0 aliphatic carbocycles. The number of rotatable bonds is 7. The van der Waals surface area contributed by atoms with Gasteiger partial charge in [0.2, 0.25) is 0 Å². The molecule has 2 amide bonds. The second-order valence-corrected chi connectivity index (χ2v) is 6.48. The number of nitrogens with one attached hydrogen (secondary N) is 2. The summed E-state index contributed by atoms with van der Waals surface area (Å²) in [6.45, 7) is 4.05. The molecule has 1 atom stereocenters. The van der Waals surface area contributed by atoms with Crippen LogP contribution in [0.2, 0.25) is 0 Å². The molecule has 29 heavy (non-hydrogen) atoms. The lowest BCUT2D eigenvalue weighted by Gasteiger charge is -2.28. The second-order valence-electron chi connectivity index (χ2n) is 6.48. The summed E-state index contributed by atoms with van der Waals surface area (Å²) < 4.78 is 16.5. The third-order valence-electron chi connectivity index (χ3n) is 4.52. The zero-order valence-electron chi connectivity index (χ0n) is 16.7. The van der Waals surface area contributed by atoms with E-state index < -0.39 is 12.0 Å². The van der Waals surface area contributed by atoms with Crippen LogP contribution in [0.4, 0.5) is 4.79 Å². The molecule has 0 spiro atoms. The zero-order chi connectivity index (χ0) is 20.8. The maximum atomic E-state index is 12.5. The molecule has 2 N–H and O–H groups in total. The molecule has 1 aliphatic rings. The largest absolute Gasteiger partial charge is 0.493 e. The molecule has 7 heteroatoms. The number of carbonyl (C=O) groups is 2. The fourth-order valence-electron chi connectivity index (χ4n) is 3.14. The van der Waals surface area contributed by atoms with E-state index in [0.29, 0.717) is 34.9 Å². The monoisotopic (exact) mass is 396 g/mol. The number of urea groups is 1. The summed E-state index contributed by atoms with van der Waals surface area (Å²) in [5.41, 5.74) is 2.53. The van der Waals surface area contributed by atoms with Gasteiger partial charge in [0.25, 0.3) is 0 Å². The fourth-order valence-corrected chi connectivity index (χ4v) is 3.14. The molecule has 2 aromatic carbocycles. The maximum Gasteiger partial charge on any atom is 0.338 e. The number of methoxy groups -OCH3 is 1. The first-order valence-corrected chi connectivity index (χ1v) is 9.33. The standard InChI is InChI=1S/C22H24N2O5/c1-4-28-21(25)19-14(2)23-22(26)24-20(19)16-10-11-17(18(12-16)27-3)29-13-15-8-6-5-7-9-15/h5-12,20H,4,13H2,1-3H3,(H2,23,24,26)/t20-/m1/s1. The van der Waals surface area contributed by atoms with Crippen LogP contribution in [0.15, 0.2) is 59.8 Å². The Morgan fingerprint density at radius 1 is 1.10 bits per heavy atom. The highest BCUT2D eigenvalue weighted by molar-refractivity contribution is 5.95. The van der Waals surface area contributed by atoms with E-state index in [-0.39, 0.29) is 12.6 Å². The molecule has 0 saturated heterocycles. The Morgan fingerprint density at radius 2 is 1.86 bits per heavy atom. The molecule has 0 radical (unpaired) electrons. The van der Waals surface area contributed by atoms with Gasteiger partial charge in [0.15, 0.2) is 11.5 Å². The smallest absolute Gasteiger partial charge is 0.338 e. The SMILES string of the molecule is CCOC(=O)C1=C(C)NC(=O)N[C@@H]1c1ccc(OCc2ccccc2)c(OC)c1. The summed E-state index contributed by atoms with van der Waals surface area (Å²) in [7, 11) is 1.54. The lowest BCUT2D eigenvalue weighted by atomic mass is 9.95. The summed E-state index contributed by atoms with van der Waals surface area (Å²) in [6, 6.07) is 14.1. The van der Waals surface area contributed by atoms with Crippen molar-refractivity contribution in [3.63, 3.8) is 0 Å². The highest BCUT2D eigenvalue weighted by Crippen LogP contribution is 2.35. The third kappa shape index (κ3) is 4.68. The minimum atomic E-state index is -0.653. The number of esters is 1. The van der Waals surface area contributed by atoms with E-state index in [0.717, 1.165) is 5.56 Å². The van der Waals surface area contributed by atoms with Crippen molar-refractivity contribution in [1.29, 1.82) is 0 Å². The quantitative estimate of drug-likeness (QED) is 0.700. The highest BCUT2D eigenvalue weighted by Gasteiger charge is 2.32. The van der Waals surface area contributed by atoms with Gasteiger partial charge in [-0.15, -0.1) is 0 Å². The van der Waals surface area contributed by atoms with Crippen LogP contribution in [0.25, 0.3) is 0 Å². The highest BCUT2D eigenvalue weighted by atomic mass is 16.5. The van der Waals surface area contributed by atoms with E-state index in [2.05, 4.69) is 10.6 Å². The van der Waals surface area contributed by atoms with E-state index >= 15 is 0 Å². The number of allylic oxidation sites excluding steroid dienone is 1. The van der Waals surface area contributed by atoms with Crippen molar-refractivity contribution in [2.24, 2.45) is 0 Å². The summed E-state index contributed by atoms with van der Waals surface area (Å²) >= 11 is 0. The fraction of sp³-hybridized carbons (Fsp3) is 0.273. The van der Waals surface area contributed by atoms with Crippen LogP contribution in [0.1, 0.15) is 31.0 Å². The topological polar surface area (TPSA) is 85.9 Å². The minimum Gasteiger partial charge on any atom is -0.493 e. The van der Waals surface area contributed by atoms with Crippen molar-refractivity contribution >= 4 is 12.0 Å². The van der Waals surface area contributed by atoms with Crippen molar-refractivity contribution in [3.05, 3.63) is 70.9 Å². The Balaban J connectivity index is 1.88. The van der Waals surface area contributed by atoms with Gasteiger partial charge in [-0.3, -0.25) is 0 Å². The average molecular weight is 396 g/mol. The van der Waals surface area contributed by atoms with Crippen LogP contribution in [-0.4, -0.2) is 25.7 Å². The number of hydrogen-bond donors (Lipinski definition) is 2. The lowest BCUT2D eigenvalue weighted by Crippen LogP contribution is -2.45. The molecule has 0 saturated carbocycles. The predicted octanol–water partition coefficient (Wildman–Crippen LogP) is 3.47. The Hall–Kier alpha value is -3.48. The first kappa shape index (κ1) is 20.3. The molecule has 0 aromatic heterocycles.